The van der Waals surface area contributed by atoms with Gasteiger partial charge in [-0.2, -0.15) is 0 Å². The number of halogens is 3. The number of benzene rings is 1. The molecule has 3 N–H and O–H groups in total. The smallest absolute Gasteiger partial charge is 0.173 e. The summed E-state index contributed by atoms with van der Waals surface area (Å²) in [7, 11) is 0. The maximum Gasteiger partial charge on any atom is 0.173 e. The quantitative estimate of drug-likeness (QED) is 0.219. The molecule has 0 bridgehead atoms. The highest BCUT2D eigenvalue weighted by molar-refractivity contribution is 14.1. The van der Waals surface area contributed by atoms with Crippen molar-refractivity contribution >= 4 is 40.0 Å². The lowest BCUT2D eigenvalue weighted by molar-refractivity contribution is 0.318. The summed E-state index contributed by atoms with van der Waals surface area (Å²) in [5.74, 6) is -0.799. The number of oxime groups is 1. The van der Waals surface area contributed by atoms with Gasteiger partial charge in [-0.3, -0.25) is 0 Å². The SMILES string of the molecule is NC(=NO)c1ccc(Cl)c(CI)c1F. The summed E-state index contributed by atoms with van der Waals surface area (Å²) in [6, 6.07) is 2.90. The first-order chi connectivity index (χ1) is 6.61. The molecule has 0 aromatic heterocycles. The Hall–Kier alpha value is -0.560. The van der Waals surface area contributed by atoms with E-state index < -0.39 is 5.82 Å². The zero-order valence-corrected chi connectivity index (χ0v) is 9.88. The Morgan fingerprint density at radius 2 is 2.29 bits per heavy atom. The molecule has 0 spiro atoms. The molecule has 0 aliphatic carbocycles. The minimum atomic E-state index is -0.540. The zero-order chi connectivity index (χ0) is 10.7. The molecule has 3 nitrogen and oxygen atoms in total. The molecule has 0 radical (unpaired) electrons. The topological polar surface area (TPSA) is 58.6 Å². The molecule has 0 aliphatic heterocycles. The van der Waals surface area contributed by atoms with Crippen LogP contribution in [0.5, 0.6) is 0 Å². The Morgan fingerprint density at radius 3 is 2.79 bits per heavy atom. The molecule has 1 aromatic carbocycles. The van der Waals surface area contributed by atoms with Crippen LogP contribution >= 0.6 is 34.2 Å². The van der Waals surface area contributed by atoms with Crippen molar-refractivity contribution in [3.05, 3.63) is 34.1 Å². The summed E-state index contributed by atoms with van der Waals surface area (Å²) in [6.07, 6.45) is 0. The predicted molar refractivity (Wildman–Crippen MR) is 61.6 cm³/mol. The molecule has 0 amide bonds. The van der Waals surface area contributed by atoms with Gasteiger partial charge in [-0.25, -0.2) is 4.39 Å². The fraction of sp³-hybridized carbons (Fsp3) is 0.125. The van der Waals surface area contributed by atoms with Gasteiger partial charge >= 0.3 is 0 Å². The van der Waals surface area contributed by atoms with E-state index in [0.717, 1.165) is 0 Å². The van der Waals surface area contributed by atoms with Crippen LogP contribution in [0.2, 0.25) is 5.02 Å². The number of nitrogens with zero attached hydrogens (tertiary/aromatic N) is 1. The van der Waals surface area contributed by atoms with Crippen LogP contribution in [0.3, 0.4) is 0 Å². The van der Waals surface area contributed by atoms with Gasteiger partial charge in [0.1, 0.15) is 5.82 Å². The van der Waals surface area contributed by atoms with Crippen LogP contribution in [0, 0.1) is 5.82 Å². The first kappa shape index (κ1) is 11.5. The molecule has 1 rings (SSSR count). The van der Waals surface area contributed by atoms with E-state index in [9.17, 15) is 4.39 Å². The molecule has 0 unspecified atom stereocenters. The molecule has 0 saturated heterocycles. The maximum absolute atomic E-state index is 13.6. The lowest BCUT2D eigenvalue weighted by Crippen LogP contribution is -2.16. The Labute approximate surface area is 98.9 Å². The highest BCUT2D eigenvalue weighted by atomic mass is 127. The van der Waals surface area contributed by atoms with Crippen molar-refractivity contribution < 1.29 is 9.60 Å². The molecule has 14 heavy (non-hydrogen) atoms. The van der Waals surface area contributed by atoms with Gasteiger partial charge in [0.2, 0.25) is 0 Å². The van der Waals surface area contributed by atoms with Crippen LogP contribution in [0.25, 0.3) is 0 Å². The summed E-state index contributed by atoms with van der Waals surface area (Å²) >= 11 is 7.75. The second-order valence-corrected chi connectivity index (χ2v) is 3.68. The van der Waals surface area contributed by atoms with Gasteiger partial charge in [-0.05, 0) is 12.1 Å². The third-order valence-electron chi connectivity index (χ3n) is 1.70. The van der Waals surface area contributed by atoms with Crippen molar-refractivity contribution in [2.24, 2.45) is 10.9 Å². The highest BCUT2D eigenvalue weighted by Gasteiger charge is 2.13. The molecular weight excluding hydrogens is 321 g/mol. The van der Waals surface area contributed by atoms with Crippen molar-refractivity contribution in [1.82, 2.24) is 0 Å². The van der Waals surface area contributed by atoms with Gasteiger partial charge in [0, 0.05) is 15.0 Å². The van der Waals surface area contributed by atoms with E-state index in [1.807, 2.05) is 22.6 Å². The van der Waals surface area contributed by atoms with Crippen LogP contribution in [0.4, 0.5) is 4.39 Å². The number of alkyl halides is 1. The van der Waals surface area contributed by atoms with Crippen LogP contribution in [0.1, 0.15) is 11.1 Å². The second kappa shape index (κ2) is 4.79. The van der Waals surface area contributed by atoms with Crippen LogP contribution < -0.4 is 5.73 Å². The maximum atomic E-state index is 13.6. The molecule has 76 valence electrons. The number of nitrogens with two attached hydrogens (primary N) is 1. The largest absolute Gasteiger partial charge is 0.409 e. The van der Waals surface area contributed by atoms with Crippen molar-refractivity contribution in [2.75, 3.05) is 0 Å². The molecule has 6 heteroatoms. The number of amidine groups is 1. The summed E-state index contributed by atoms with van der Waals surface area (Å²) in [5, 5.41) is 11.5. The molecule has 0 saturated carbocycles. The summed E-state index contributed by atoms with van der Waals surface area (Å²) in [5.41, 5.74) is 5.70. The van der Waals surface area contributed by atoms with Gasteiger partial charge in [-0.15, -0.1) is 0 Å². The third kappa shape index (κ3) is 2.09. The minimum absolute atomic E-state index is 0.0589. The Bertz CT molecular complexity index is 384. The molecular formula is C8H7ClFIN2O. The fourth-order valence-corrected chi connectivity index (χ4v) is 2.16. The summed E-state index contributed by atoms with van der Waals surface area (Å²) in [4.78, 5) is 0. The first-order valence-electron chi connectivity index (χ1n) is 3.62. The second-order valence-electron chi connectivity index (χ2n) is 2.51. The van der Waals surface area contributed by atoms with E-state index in [0.29, 0.717) is 15.0 Å². The zero-order valence-electron chi connectivity index (χ0n) is 6.97. The molecule has 0 fully saturated rings. The van der Waals surface area contributed by atoms with E-state index in [-0.39, 0.29) is 11.4 Å². The van der Waals surface area contributed by atoms with Crippen molar-refractivity contribution in [1.29, 1.82) is 0 Å². The Kier molecular flexibility index (Phi) is 3.94. The summed E-state index contributed by atoms with van der Waals surface area (Å²) < 4.78 is 14.0. The van der Waals surface area contributed by atoms with Gasteiger partial charge in [0.05, 0.1) is 5.56 Å². The molecule has 0 atom stereocenters. The van der Waals surface area contributed by atoms with Gasteiger partial charge in [0.15, 0.2) is 5.84 Å². The van der Waals surface area contributed by atoms with Crippen molar-refractivity contribution in [2.45, 2.75) is 4.43 Å². The van der Waals surface area contributed by atoms with Crippen LogP contribution in [-0.2, 0) is 4.43 Å². The van der Waals surface area contributed by atoms with E-state index in [4.69, 9.17) is 22.5 Å². The van der Waals surface area contributed by atoms with Crippen molar-refractivity contribution in [3.8, 4) is 0 Å². The molecule has 0 heterocycles. The van der Waals surface area contributed by atoms with Gasteiger partial charge in [-0.1, -0.05) is 39.3 Å². The van der Waals surface area contributed by atoms with Crippen LogP contribution in [0.15, 0.2) is 17.3 Å². The number of hydrogen-bond donors (Lipinski definition) is 2. The lowest BCUT2D eigenvalue weighted by atomic mass is 10.1. The number of rotatable bonds is 2. The Balaban J connectivity index is 3.35. The molecule has 0 aliphatic rings. The normalized spacial score (nSPS) is 11.8. The van der Waals surface area contributed by atoms with Gasteiger partial charge < -0.3 is 10.9 Å². The van der Waals surface area contributed by atoms with E-state index >= 15 is 0 Å². The monoisotopic (exact) mass is 328 g/mol. The number of hydrogen-bond acceptors (Lipinski definition) is 2. The van der Waals surface area contributed by atoms with Crippen molar-refractivity contribution in [3.63, 3.8) is 0 Å². The Morgan fingerprint density at radius 1 is 1.64 bits per heavy atom. The molecule has 1 aromatic rings. The van der Waals surface area contributed by atoms with E-state index in [2.05, 4.69) is 5.16 Å². The standard InChI is InChI=1S/C8H7ClFIN2O/c9-6-2-1-4(8(12)13-14)7(10)5(6)3-11/h1-2,14H,3H2,(H2,12,13). The lowest BCUT2D eigenvalue weighted by Gasteiger charge is -2.06. The average Bonchev–Trinajstić information content (AvgIpc) is 2.18. The predicted octanol–water partition coefficient (Wildman–Crippen LogP) is 2.51. The highest BCUT2D eigenvalue weighted by Crippen LogP contribution is 2.24. The first-order valence-corrected chi connectivity index (χ1v) is 5.53. The minimum Gasteiger partial charge on any atom is -0.409 e. The average molecular weight is 329 g/mol. The third-order valence-corrected chi connectivity index (χ3v) is 2.82. The van der Waals surface area contributed by atoms with E-state index in [1.165, 1.54) is 12.1 Å². The van der Waals surface area contributed by atoms with Crippen LogP contribution in [-0.4, -0.2) is 11.0 Å². The summed E-state index contributed by atoms with van der Waals surface area (Å²) in [6.45, 7) is 0. The van der Waals surface area contributed by atoms with Gasteiger partial charge in [0.25, 0.3) is 0 Å². The fourth-order valence-electron chi connectivity index (χ4n) is 0.972. The van der Waals surface area contributed by atoms with E-state index in [1.54, 1.807) is 0 Å².